The smallest absolute Gasteiger partial charge is 0.408 e. The Morgan fingerprint density at radius 3 is 2.50 bits per heavy atom. The molecule has 0 bridgehead atoms. The lowest BCUT2D eigenvalue weighted by atomic mass is 10.1. The summed E-state index contributed by atoms with van der Waals surface area (Å²) in [5.74, 6) is 1.01. The molecule has 0 aliphatic rings. The van der Waals surface area contributed by atoms with Crippen LogP contribution in [0.5, 0.6) is 5.75 Å². The first-order chi connectivity index (χ1) is 16.2. The SMILES string of the molecule is CCCN(CC)C(c1ccc2nnc(-c3ccc4cccc(OC(C)C)c4n3)n2c1)C(F)(F)F. The molecule has 6 nitrogen and oxygen atoms in total. The van der Waals surface area contributed by atoms with Crippen LogP contribution in [0.15, 0.2) is 48.7 Å². The van der Waals surface area contributed by atoms with E-state index in [1.165, 1.54) is 17.2 Å². The van der Waals surface area contributed by atoms with E-state index in [-0.39, 0.29) is 18.2 Å². The average molecular weight is 472 g/mol. The molecule has 0 aliphatic carbocycles. The van der Waals surface area contributed by atoms with Crippen LogP contribution in [0, 0.1) is 0 Å². The predicted molar refractivity (Wildman–Crippen MR) is 126 cm³/mol. The Morgan fingerprint density at radius 2 is 1.82 bits per heavy atom. The largest absolute Gasteiger partial charge is 0.489 e. The zero-order valence-electron chi connectivity index (χ0n) is 19.7. The van der Waals surface area contributed by atoms with Crippen molar-refractivity contribution in [3.8, 4) is 17.3 Å². The van der Waals surface area contributed by atoms with Gasteiger partial charge in [-0.25, -0.2) is 4.98 Å². The van der Waals surface area contributed by atoms with E-state index in [0.29, 0.717) is 41.4 Å². The first-order valence-electron chi connectivity index (χ1n) is 11.4. The molecule has 0 radical (unpaired) electrons. The summed E-state index contributed by atoms with van der Waals surface area (Å²) in [6.07, 6.45) is -2.35. The number of nitrogens with zero attached hydrogens (tertiary/aromatic N) is 5. The van der Waals surface area contributed by atoms with Gasteiger partial charge in [-0.15, -0.1) is 10.2 Å². The maximum atomic E-state index is 14.1. The van der Waals surface area contributed by atoms with Crippen molar-refractivity contribution >= 4 is 16.6 Å². The lowest BCUT2D eigenvalue weighted by Gasteiger charge is -2.32. The highest BCUT2D eigenvalue weighted by Crippen LogP contribution is 2.38. The van der Waals surface area contributed by atoms with E-state index >= 15 is 0 Å². The summed E-state index contributed by atoms with van der Waals surface area (Å²) in [6, 6.07) is 10.7. The molecule has 3 aromatic heterocycles. The number of hydrogen-bond donors (Lipinski definition) is 0. The molecule has 4 aromatic rings. The van der Waals surface area contributed by atoms with Gasteiger partial charge in [0.05, 0.1) is 6.10 Å². The molecule has 0 saturated carbocycles. The second-order valence-corrected chi connectivity index (χ2v) is 8.48. The number of hydrogen-bond acceptors (Lipinski definition) is 5. The molecular formula is C25H28F3N5O. The van der Waals surface area contributed by atoms with Crippen LogP contribution in [0.1, 0.15) is 45.7 Å². The molecule has 0 N–H and O–H groups in total. The zero-order chi connectivity index (χ0) is 24.5. The van der Waals surface area contributed by atoms with Gasteiger partial charge in [0.15, 0.2) is 11.5 Å². The molecule has 0 saturated heterocycles. The normalized spacial score (nSPS) is 13.3. The van der Waals surface area contributed by atoms with Crippen molar-refractivity contribution in [2.75, 3.05) is 13.1 Å². The molecule has 34 heavy (non-hydrogen) atoms. The first-order valence-corrected chi connectivity index (χ1v) is 11.4. The highest BCUT2D eigenvalue weighted by molar-refractivity contribution is 5.86. The molecule has 4 rings (SSSR count). The molecule has 0 fully saturated rings. The number of para-hydroxylation sites is 1. The molecule has 180 valence electrons. The number of fused-ring (bicyclic) bond motifs is 2. The van der Waals surface area contributed by atoms with Crippen molar-refractivity contribution in [2.24, 2.45) is 0 Å². The topological polar surface area (TPSA) is 55.5 Å². The maximum absolute atomic E-state index is 14.1. The van der Waals surface area contributed by atoms with E-state index < -0.39 is 12.2 Å². The molecule has 0 aliphatic heterocycles. The van der Waals surface area contributed by atoms with Crippen molar-refractivity contribution in [1.29, 1.82) is 0 Å². The van der Waals surface area contributed by atoms with Gasteiger partial charge in [-0.1, -0.05) is 38.1 Å². The fourth-order valence-corrected chi connectivity index (χ4v) is 4.20. The molecule has 9 heteroatoms. The van der Waals surface area contributed by atoms with Gasteiger partial charge < -0.3 is 4.74 Å². The summed E-state index contributed by atoms with van der Waals surface area (Å²) in [5.41, 5.74) is 1.75. The zero-order valence-corrected chi connectivity index (χ0v) is 19.7. The number of ether oxygens (including phenoxy) is 1. The van der Waals surface area contributed by atoms with Crippen molar-refractivity contribution in [3.63, 3.8) is 0 Å². The second kappa shape index (κ2) is 9.58. The fourth-order valence-electron chi connectivity index (χ4n) is 4.20. The van der Waals surface area contributed by atoms with Crippen LogP contribution in [0.3, 0.4) is 0 Å². The molecule has 1 unspecified atom stereocenters. The predicted octanol–water partition coefficient (Wildman–Crippen LogP) is 6.07. The fraction of sp³-hybridized carbons (Fsp3) is 0.400. The molecule has 1 aromatic carbocycles. The maximum Gasteiger partial charge on any atom is 0.408 e. The van der Waals surface area contributed by atoms with Crippen molar-refractivity contribution in [2.45, 2.75) is 52.4 Å². The molecule has 1 atom stereocenters. The summed E-state index contributed by atoms with van der Waals surface area (Å²) >= 11 is 0. The van der Waals surface area contributed by atoms with Crippen molar-refractivity contribution < 1.29 is 17.9 Å². The third kappa shape index (κ3) is 4.70. The van der Waals surface area contributed by atoms with E-state index in [1.807, 2.05) is 45.0 Å². The Hall–Kier alpha value is -3.20. The Kier molecular flexibility index (Phi) is 6.74. The van der Waals surface area contributed by atoms with Gasteiger partial charge in [0.1, 0.15) is 23.0 Å². The van der Waals surface area contributed by atoms with Crippen LogP contribution >= 0.6 is 0 Å². The molecule has 0 amide bonds. The van der Waals surface area contributed by atoms with E-state index in [4.69, 9.17) is 9.72 Å². The summed E-state index contributed by atoms with van der Waals surface area (Å²) in [4.78, 5) is 6.18. The Morgan fingerprint density at radius 1 is 1.03 bits per heavy atom. The van der Waals surface area contributed by atoms with Gasteiger partial charge in [0.25, 0.3) is 0 Å². The monoisotopic (exact) mass is 471 g/mol. The minimum Gasteiger partial charge on any atom is -0.489 e. The van der Waals surface area contributed by atoms with Crippen LogP contribution in [0.25, 0.3) is 28.1 Å². The number of halogens is 3. The molecule has 3 heterocycles. The van der Waals surface area contributed by atoms with E-state index in [0.717, 1.165) is 5.39 Å². The van der Waals surface area contributed by atoms with Crippen LogP contribution in [-0.2, 0) is 0 Å². The summed E-state index contributed by atoms with van der Waals surface area (Å²) in [6.45, 7) is 8.12. The van der Waals surface area contributed by atoms with E-state index in [1.54, 1.807) is 23.5 Å². The van der Waals surface area contributed by atoms with Gasteiger partial charge in [0.2, 0.25) is 0 Å². The van der Waals surface area contributed by atoms with E-state index in [9.17, 15) is 13.2 Å². The summed E-state index contributed by atoms with van der Waals surface area (Å²) < 4.78 is 49.9. The van der Waals surface area contributed by atoms with Gasteiger partial charge in [-0.3, -0.25) is 9.30 Å². The number of alkyl halides is 3. The summed E-state index contributed by atoms with van der Waals surface area (Å²) in [5, 5.41) is 9.29. The minimum absolute atomic E-state index is 0.0310. The Bertz CT molecular complexity index is 1280. The lowest BCUT2D eigenvalue weighted by molar-refractivity contribution is -0.186. The van der Waals surface area contributed by atoms with Gasteiger partial charge >= 0.3 is 6.18 Å². The lowest BCUT2D eigenvalue weighted by Crippen LogP contribution is -2.39. The molecule has 0 spiro atoms. The first kappa shape index (κ1) is 23.9. The summed E-state index contributed by atoms with van der Waals surface area (Å²) in [7, 11) is 0. The third-order valence-electron chi connectivity index (χ3n) is 5.61. The van der Waals surface area contributed by atoms with Crippen LogP contribution in [-0.4, -0.2) is 49.9 Å². The third-order valence-corrected chi connectivity index (χ3v) is 5.61. The highest BCUT2D eigenvalue weighted by Gasteiger charge is 2.44. The standard InChI is InChI=1S/C25H28F3N5O/c1-5-14-32(6-2)23(25(26,27)28)18-11-13-21-30-31-24(33(21)15-18)19-12-10-17-8-7-9-20(22(17)29-19)34-16(3)4/h7-13,15-16,23H,5-6,14H2,1-4H3. The van der Waals surface area contributed by atoms with Crippen LogP contribution in [0.2, 0.25) is 0 Å². The second-order valence-electron chi connectivity index (χ2n) is 8.48. The van der Waals surface area contributed by atoms with Crippen LogP contribution < -0.4 is 4.74 Å². The molecular weight excluding hydrogens is 443 g/mol. The highest BCUT2D eigenvalue weighted by atomic mass is 19.4. The number of benzene rings is 1. The minimum atomic E-state index is -4.42. The number of pyridine rings is 2. The number of aromatic nitrogens is 4. The van der Waals surface area contributed by atoms with Gasteiger partial charge in [-0.05, 0) is 57.1 Å². The van der Waals surface area contributed by atoms with Crippen LogP contribution in [0.4, 0.5) is 13.2 Å². The van der Waals surface area contributed by atoms with Gasteiger partial charge in [0, 0.05) is 11.6 Å². The average Bonchev–Trinajstić information content (AvgIpc) is 3.21. The van der Waals surface area contributed by atoms with Crippen molar-refractivity contribution in [1.82, 2.24) is 24.5 Å². The number of rotatable bonds is 8. The Balaban J connectivity index is 1.84. The quantitative estimate of drug-likeness (QED) is 0.312. The van der Waals surface area contributed by atoms with Gasteiger partial charge in [-0.2, -0.15) is 13.2 Å². The van der Waals surface area contributed by atoms with Crippen molar-refractivity contribution in [3.05, 3.63) is 54.2 Å². The Labute approximate surface area is 196 Å². The van der Waals surface area contributed by atoms with E-state index in [2.05, 4.69) is 10.2 Å².